The van der Waals surface area contributed by atoms with Crippen LogP contribution in [-0.2, 0) is 16.1 Å². The molecule has 0 amide bonds. The Labute approximate surface area is 234 Å². The Hall–Kier alpha value is -4.50. The molecule has 40 heavy (non-hydrogen) atoms. The number of thiazole rings is 1. The Morgan fingerprint density at radius 3 is 2.52 bits per heavy atom. The molecule has 204 valence electrons. The molecule has 3 aromatic carbocycles. The fourth-order valence-electron chi connectivity index (χ4n) is 4.53. The fourth-order valence-corrected chi connectivity index (χ4v) is 5.58. The molecule has 5 rings (SSSR count). The van der Waals surface area contributed by atoms with Gasteiger partial charge in [0.15, 0.2) is 16.3 Å². The zero-order valence-electron chi connectivity index (χ0n) is 22.2. The first-order chi connectivity index (χ1) is 19.4. The van der Waals surface area contributed by atoms with Crippen LogP contribution in [-0.4, -0.2) is 24.3 Å². The molecule has 4 aromatic rings. The summed E-state index contributed by atoms with van der Waals surface area (Å²) in [7, 11) is 1.56. The summed E-state index contributed by atoms with van der Waals surface area (Å²) in [5, 5.41) is 0. The molecule has 1 aromatic heterocycles. The normalized spacial score (nSPS) is 14.9. The number of halogens is 1. The van der Waals surface area contributed by atoms with Crippen LogP contribution in [0.5, 0.6) is 11.5 Å². The maximum atomic E-state index is 13.8. The number of nitrogens with zero attached hydrogens (tertiary/aromatic N) is 2. The molecule has 0 saturated carbocycles. The van der Waals surface area contributed by atoms with Crippen LogP contribution in [0.1, 0.15) is 36.6 Å². The molecule has 9 heteroatoms. The number of hydrogen-bond acceptors (Lipinski definition) is 7. The number of hydrogen-bond donors (Lipinski definition) is 0. The van der Waals surface area contributed by atoms with E-state index in [0.29, 0.717) is 38.7 Å². The summed E-state index contributed by atoms with van der Waals surface area (Å²) in [6, 6.07) is 20.2. The Morgan fingerprint density at radius 2 is 1.82 bits per heavy atom. The standard InChI is InChI=1S/C31H27FN2O5S/c1-4-38-30(36)27-19(2)33-31-34(28(27)22-11-13-23(32)14-12-22)29(35)26(40-31)17-21-10-15-24(25(16-21)37-3)39-18-20-8-6-5-7-9-20/h5-17,28H,4,18H2,1-3H3/b26-17-. The van der Waals surface area contributed by atoms with E-state index in [4.69, 9.17) is 14.2 Å². The summed E-state index contributed by atoms with van der Waals surface area (Å²) in [5.74, 6) is 0.126. The first-order valence-electron chi connectivity index (χ1n) is 12.7. The highest BCUT2D eigenvalue weighted by molar-refractivity contribution is 7.07. The molecule has 0 aliphatic carbocycles. The van der Waals surface area contributed by atoms with Gasteiger partial charge in [0.05, 0.1) is 35.6 Å². The molecule has 1 unspecified atom stereocenters. The lowest BCUT2D eigenvalue weighted by atomic mass is 9.96. The summed E-state index contributed by atoms with van der Waals surface area (Å²) < 4.78 is 32.4. The minimum atomic E-state index is -0.804. The maximum absolute atomic E-state index is 13.8. The highest BCUT2D eigenvalue weighted by Crippen LogP contribution is 2.31. The largest absolute Gasteiger partial charge is 0.493 e. The summed E-state index contributed by atoms with van der Waals surface area (Å²) in [4.78, 5) is 31.7. The molecule has 1 atom stereocenters. The summed E-state index contributed by atoms with van der Waals surface area (Å²) >= 11 is 1.21. The minimum absolute atomic E-state index is 0.170. The number of aromatic nitrogens is 1. The molecule has 0 saturated heterocycles. The summed E-state index contributed by atoms with van der Waals surface area (Å²) in [6.07, 6.45) is 1.75. The number of benzene rings is 3. The van der Waals surface area contributed by atoms with E-state index in [2.05, 4.69) is 4.99 Å². The Bertz CT molecular complexity index is 1760. The van der Waals surface area contributed by atoms with Gasteiger partial charge in [-0.05, 0) is 60.9 Å². The van der Waals surface area contributed by atoms with Crippen molar-refractivity contribution in [2.45, 2.75) is 26.5 Å². The third-order valence-electron chi connectivity index (χ3n) is 6.43. The minimum Gasteiger partial charge on any atom is -0.493 e. The number of esters is 1. The van der Waals surface area contributed by atoms with Gasteiger partial charge in [-0.3, -0.25) is 9.36 Å². The topological polar surface area (TPSA) is 79.1 Å². The maximum Gasteiger partial charge on any atom is 0.338 e. The predicted octanol–water partition coefficient (Wildman–Crippen LogP) is 4.53. The molecule has 0 radical (unpaired) electrons. The first-order valence-corrected chi connectivity index (χ1v) is 13.5. The lowest BCUT2D eigenvalue weighted by Crippen LogP contribution is -2.39. The molecular formula is C31H27FN2O5S. The van der Waals surface area contributed by atoms with E-state index >= 15 is 0 Å². The van der Waals surface area contributed by atoms with Crippen LogP contribution < -0.4 is 24.4 Å². The monoisotopic (exact) mass is 558 g/mol. The van der Waals surface area contributed by atoms with E-state index in [1.54, 1.807) is 51.3 Å². The lowest BCUT2D eigenvalue weighted by molar-refractivity contribution is -0.139. The third kappa shape index (κ3) is 5.46. The van der Waals surface area contributed by atoms with Gasteiger partial charge in [-0.1, -0.05) is 59.9 Å². The van der Waals surface area contributed by atoms with Crippen LogP contribution in [0.4, 0.5) is 4.39 Å². The molecule has 0 bridgehead atoms. The van der Waals surface area contributed by atoms with Gasteiger partial charge in [0.1, 0.15) is 12.4 Å². The van der Waals surface area contributed by atoms with Crippen molar-refractivity contribution in [3.63, 3.8) is 0 Å². The zero-order chi connectivity index (χ0) is 28.2. The molecule has 7 nitrogen and oxygen atoms in total. The third-order valence-corrected chi connectivity index (χ3v) is 7.41. The van der Waals surface area contributed by atoms with Gasteiger partial charge < -0.3 is 14.2 Å². The van der Waals surface area contributed by atoms with Gasteiger partial charge in [0.2, 0.25) is 0 Å². The number of methoxy groups -OCH3 is 1. The Kier molecular flexibility index (Phi) is 7.93. The number of fused-ring (bicyclic) bond motifs is 1. The Morgan fingerprint density at radius 1 is 1.07 bits per heavy atom. The van der Waals surface area contributed by atoms with Gasteiger partial charge in [-0.25, -0.2) is 14.2 Å². The second-order valence-electron chi connectivity index (χ2n) is 9.04. The van der Waals surface area contributed by atoms with Gasteiger partial charge >= 0.3 is 5.97 Å². The van der Waals surface area contributed by atoms with Crippen LogP contribution in [0.25, 0.3) is 6.08 Å². The van der Waals surface area contributed by atoms with Crippen molar-refractivity contribution in [1.29, 1.82) is 0 Å². The second kappa shape index (κ2) is 11.7. The number of rotatable bonds is 8. The second-order valence-corrected chi connectivity index (χ2v) is 10.0. The van der Waals surface area contributed by atoms with Crippen LogP contribution in [0.2, 0.25) is 0 Å². The zero-order valence-corrected chi connectivity index (χ0v) is 23.0. The van der Waals surface area contributed by atoms with Crippen molar-refractivity contribution in [1.82, 2.24) is 4.57 Å². The van der Waals surface area contributed by atoms with Gasteiger partial charge in [-0.2, -0.15) is 0 Å². The number of ether oxygens (including phenoxy) is 3. The van der Waals surface area contributed by atoms with E-state index in [1.807, 2.05) is 36.4 Å². The van der Waals surface area contributed by atoms with Gasteiger partial charge in [0, 0.05) is 0 Å². The molecule has 0 spiro atoms. The first kappa shape index (κ1) is 27.1. The van der Waals surface area contributed by atoms with Crippen LogP contribution in [0.15, 0.2) is 93.9 Å². The molecule has 1 aliphatic rings. The van der Waals surface area contributed by atoms with E-state index in [-0.39, 0.29) is 17.7 Å². The van der Waals surface area contributed by atoms with Crippen molar-refractivity contribution >= 4 is 23.4 Å². The van der Waals surface area contributed by atoms with Crippen LogP contribution >= 0.6 is 11.3 Å². The number of carbonyl (C=O) groups excluding carboxylic acids is 1. The Balaban J connectivity index is 1.55. The van der Waals surface area contributed by atoms with E-state index in [1.165, 1.54) is 28.0 Å². The highest BCUT2D eigenvalue weighted by atomic mass is 32.1. The SMILES string of the molecule is CCOC(=O)C1=C(C)N=c2s/c(=C\c3ccc(OCc4ccccc4)c(OC)c3)c(=O)n2C1c1ccc(F)cc1. The van der Waals surface area contributed by atoms with E-state index < -0.39 is 17.8 Å². The molecule has 1 aliphatic heterocycles. The average Bonchev–Trinajstić information content (AvgIpc) is 3.26. The van der Waals surface area contributed by atoms with Crippen molar-refractivity contribution in [2.75, 3.05) is 13.7 Å². The van der Waals surface area contributed by atoms with Crippen LogP contribution in [0.3, 0.4) is 0 Å². The predicted molar refractivity (Wildman–Crippen MR) is 151 cm³/mol. The van der Waals surface area contributed by atoms with Gasteiger partial charge in [0.25, 0.3) is 5.56 Å². The highest BCUT2D eigenvalue weighted by Gasteiger charge is 2.33. The molecule has 0 fully saturated rings. The molecular weight excluding hydrogens is 531 g/mol. The van der Waals surface area contributed by atoms with Crippen LogP contribution in [0, 0.1) is 5.82 Å². The van der Waals surface area contributed by atoms with Crippen molar-refractivity contribution in [3.8, 4) is 11.5 Å². The summed E-state index contributed by atoms with van der Waals surface area (Å²) in [5.41, 5.74) is 2.71. The quantitative estimate of drug-likeness (QED) is 0.297. The van der Waals surface area contributed by atoms with Crippen molar-refractivity contribution in [2.24, 2.45) is 4.99 Å². The smallest absolute Gasteiger partial charge is 0.338 e. The van der Waals surface area contributed by atoms with Crippen molar-refractivity contribution < 1.29 is 23.4 Å². The van der Waals surface area contributed by atoms with Crippen molar-refractivity contribution in [3.05, 3.63) is 126 Å². The fraction of sp³-hybridized carbons (Fsp3) is 0.194. The number of allylic oxidation sites excluding steroid dienone is 1. The van der Waals surface area contributed by atoms with Gasteiger partial charge in [-0.15, -0.1) is 0 Å². The lowest BCUT2D eigenvalue weighted by Gasteiger charge is -2.24. The number of carbonyl (C=O) groups is 1. The van der Waals surface area contributed by atoms with E-state index in [0.717, 1.165) is 11.1 Å². The molecule has 0 N–H and O–H groups in total. The van der Waals surface area contributed by atoms with E-state index in [9.17, 15) is 14.0 Å². The average molecular weight is 559 g/mol. The molecule has 2 heterocycles. The summed E-state index contributed by atoms with van der Waals surface area (Å²) in [6.45, 7) is 3.98.